The van der Waals surface area contributed by atoms with Crippen LogP contribution in [0.2, 0.25) is 0 Å². The zero-order chi connectivity index (χ0) is 13.4. The van der Waals surface area contributed by atoms with E-state index in [9.17, 15) is 4.79 Å². The Hall–Kier alpha value is -2.63. The first-order valence-corrected chi connectivity index (χ1v) is 5.90. The van der Waals surface area contributed by atoms with Gasteiger partial charge in [-0.25, -0.2) is 4.98 Å². The molecule has 3 rings (SSSR count). The molecule has 0 spiro atoms. The van der Waals surface area contributed by atoms with Crippen molar-refractivity contribution in [2.75, 3.05) is 5.32 Å². The molecule has 0 aromatic carbocycles. The smallest absolute Gasteiger partial charge is 0.273 e. The number of hydrogen-bond donors (Lipinski definition) is 3. The van der Waals surface area contributed by atoms with E-state index in [2.05, 4.69) is 25.5 Å². The number of H-pyrrole nitrogens is 2. The average Bonchev–Trinajstić information content (AvgIpc) is 2.93. The first kappa shape index (κ1) is 11.5. The summed E-state index contributed by atoms with van der Waals surface area (Å²) >= 11 is 0. The maximum absolute atomic E-state index is 12.0. The van der Waals surface area contributed by atoms with E-state index in [1.807, 2.05) is 26.0 Å². The van der Waals surface area contributed by atoms with Crippen molar-refractivity contribution in [2.24, 2.45) is 0 Å². The topological polar surface area (TPSA) is 86.5 Å². The van der Waals surface area contributed by atoms with Gasteiger partial charge in [-0.05, 0) is 32.0 Å². The molecule has 6 heteroatoms. The summed E-state index contributed by atoms with van der Waals surface area (Å²) in [6, 6.07) is 5.56. The first-order chi connectivity index (χ1) is 9.11. The maximum atomic E-state index is 12.0. The van der Waals surface area contributed by atoms with Crippen LogP contribution in [0.25, 0.3) is 11.0 Å². The van der Waals surface area contributed by atoms with Gasteiger partial charge in [-0.1, -0.05) is 0 Å². The number of hydrogen-bond acceptors (Lipinski definition) is 3. The van der Waals surface area contributed by atoms with Crippen molar-refractivity contribution in [2.45, 2.75) is 13.8 Å². The molecule has 0 aliphatic carbocycles. The van der Waals surface area contributed by atoms with E-state index in [-0.39, 0.29) is 5.91 Å². The molecule has 0 bridgehead atoms. The van der Waals surface area contributed by atoms with Crippen LogP contribution < -0.4 is 5.32 Å². The number of carbonyl (C=O) groups excluding carboxylic acids is 1. The van der Waals surface area contributed by atoms with Gasteiger partial charge in [0, 0.05) is 11.1 Å². The van der Waals surface area contributed by atoms with Gasteiger partial charge >= 0.3 is 0 Å². The second-order valence-corrected chi connectivity index (χ2v) is 4.49. The fourth-order valence-corrected chi connectivity index (χ4v) is 1.96. The lowest BCUT2D eigenvalue weighted by Crippen LogP contribution is -2.12. The third-order valence-electron chi connectivity index (χ3n) is 2.81. The van der Waals surface area contributed by atoms with Crippen molar-refractivity contribution in [1.82, 2.24) is 20.2 Å². The van der Waals surface area contributed by atoms with Gasteiger partial charge in [0.1, 0.15) is 11.3 Å². The summed E-state index contributed by atoms with van der Waals surface area (Å²) in [4.78, 5) is 19.3. The van der Waals surface area contributed by atoms with Crippen LogP contribution in [0.5, 0.6) is 0 Å². The minimum absolute atomic E-state index is 0.228. The molecular formula is C13H13N5O. The minimum Gasteiger partial charge on any atom is -0.344 e. The van der Waals surface area contributed by atoms with Crippen LogP contribution in [0.1, 0.15) is 21.9 Å². The average molecular weight is 255 g/mol. The highest BCUT2D eigenvalue weighted by Crippen LogP contribution is 2.17. The van der Waals surface area contributed by atoms with E-state index < -0.39 is 0 Å². The molecule has 3 aromatic heterocycles. The van der Waals surface area contributed by atoms with Crippen molar-refractivity contribution in [3.63, 3.8) is 0 Å². The van der Waals surface area contributed by atoms with Crippen LogP contribution in [0.15, 0.2) is 24.4 Å². The summed E-state index contributed by atoms with van der Waals surface area (Å²) in [5, 5.41) is 10.4. The number of amides is 1. The van der Waals surface area contributed by atoms with Crippen LogP contribution in [0.4, 0.5) is 5.69 Å². The SMILES string of the molecule is Cc1cc(C(=O)Nc2cnc3[nH]c(C)cc3c2)[nH]n1. The summed E-state index contributed by atoms with van der Waals surface area (Å²) in [5.41, 5.74) is 3.72. The van der Waals surface area contributed by atoms with Gasteiger partial charge in [0.2, 0.25) is 0 Å². The van der Waals surface area contributed by atoms with E-state index in [1.165, 1.54) is 0 Å². The van der Waals surface area contributed by atoms with E-state index in [4.69, 9.17) is 0 Å². The number of nitrogens with one attached hydrogen (secondary N) is 3. The highest BCUT2D eigenvalue weighted by Gasteiger charge is 2.09. The molecule has 19 heavy (non-hydrogen) atoms. The number of fused-ring (bicyclic) bond motifs is 1. The van der Waals surface area contributed by atoms with Gasteiger partial charge in [-0.3, -0.25) is 9.89 Å². The van der Waals surface area contributed by atoms with Crippen LogP contribution in [-0.2, 0) is 0 Å². The molecule has 0 saturated carbocycles. The number of nitrogens with zero attached hydrogens (tertiary/aromatic N) is 2. The van der Waals surface area contributed by atoms with Crippen molar-refractivity contribution < 1.29 is 4.79 Å². The molecule has 0 fully saturated rings. The highest BCUT2D eigenvalue weighted by atomic mass is 16.1. The lowest BCUT2D eigenvalue weighted by atomic mass is 10.3. The number of aryl methyl sites for hydroxylation is 2. The minimum atomic E-state index is -0.228. The third-order valence-corrected chi connectivity index (χ3v) is 2.81. The fraction of sp³-hybridized carbons (Fsp3) is 0.154. The normalized spacial score (nSPS) is 10.8. The monoisotopic (exact) mass is 255 g/mol. The Morgan fingerprint density at radius 1 is 1.26 bits per heavy atom. The molecule has 0 radical (unpaired) electrons. The van der Waals surface area contributed by atoms with Crippen molar-refractivity contribution in [3.05, 3.63) is 41.5 Å². The number of pyridine rings is 1. The molecule has 3 aromatic rings. The van der Waals surface area contributed by atoms with E-state index >= 15 is 0 Å². The Morgan fingerprint density at radius 2 is 2.11 bits per heavy atom. The molecule has 0 saturated heterocycles. The van der Waals surface area contributed by atoms with Gasteiger partial charge in [0.05, 0.1) is 17.6 Å². The van der Waals surface area contributed by atoms with Crippen molar-refractivity contribution in [1.29, 1.82) is 0 Å². The van der Waals surface area contributed by atoms with Crippen LogP contribution in [0.3, 0.4) is 0 Å². The summed E-state index contributed by atoms with van der Waals surface area (Å²) in [5.74, 6) is -0.228. The maximum Gasteiger partial charge on any atom is 0.273 e. The lowest BCUT2D eigenvalue weighted by Gasteiger charge is -2.02. The number of anilines is 1. The molecule has 0 aliphatic rings. The Bertz CT molecular complexity index is 755. The molecule has 0 aliphatic heterocycles. The predicted molar refractivity (Wildman–Crippen MR) is 72.1 cm³/mol. The van der Waals surface area contributed by atoms with Crippen LogP contribution in [0, 0.1) is 13.8 Å². The van der Waals surface area contributed by atoms with E-state index in [0.717, 1.165) is 22.4 Å². The first-order valence-electron chi connectivity index (χ1n) is 5.90. The fourth-order valence-electron chi connectivity index (χ4n) is 1.96. The van der Waals surface area contributed by atoms with Gasteiger partial charge in [0.15, 0.2) is 0 Å². The second-order valence-electron chi connectivity index (χ2n) is 4.49. The number of carbonyl (C=O) groups is 1. The van der Waals surface area contributed by atoms with Crippen molar-refractivity contribution in [3.8, 4) is 0 Å². The predicted octanol–water partition coefficient (Wildman–Crippen LogP) is 2.16. The third kappa shape index (κ3) is 2.20. The van der Waals surface area contributed by atoms with Gasteiger partial charge in [0.25, 0.3) is 5.91 Å². The number of aromatic nitrogens is 4. The van der Waals surface area contributed by atoms with E-state index in [0.29, 0.717) is 11.4 Å². The van der Waals surface area contributed by atoms with Crippen LogP contribution >= 0.6 is 0 Å². The zero-order valence-electron chi connectivity index (χ0n) is 10.6. The van der Waals surface area contributed by atoms with Gasteiger partial charge in [-0.15, -0.1) is 0 Å². The van der Waals surface area contributed by atoms with Gasteiger partial charge in [-0.2, -0.15) is 5.10 Å². The summed E-state index contributed by atoms with van der Waals surface area (Å²) < 4.78 is 0. The molecule has 0 atom stereocenters. The number of rotatable bonds is 2. The Labute approximate surface area is 109 Å². The summed E-state index contributed by atoms with van der Waals surface area (Å²) in [7, 11) is 0. The molecule has 3 N–H and O–H groups in total. The van der Waals surface area contributed by atoms with E-state index in [1.54, 1.807) is 12.3 Å². The number of aromatic amines is 2. The molecule has 3 heterocycles. The zero-order valence-corrected chi connectivity index (χ0v) is 10.6. The largest absolute Gasteiger partial charge is 0.344 e. The lowest BCUT2D eigenvalue weighted by molar-refractivity contribution is 0.102. The van der Waals surface area contributed by atoms with Gasteiger partial charge < -0.3 is 10.3 Å². The Balaban J connectivity index is 1.86. The molecular weight excluding hydrogens is 242 g/mol. The van der Waals surface area contributed by atoms with Crippen molar-refractivity contribution >= 4 is 22.6 Å². The summed E-state index contributed by atoms with van der Waals surface area (Å²) in [6.07, 6.45) is 1.62. The summed E-state index contributed by atoms with van der Waals surface area (Å²) in [6.45, 7) is 3.79. The Kier molecular flexibility index (Phi) is 2.56. The highest BCUT2D eigenvalue weighted by molar-refractivity contribution is 6.03. The quantitative estimate of drug-likeness (QED) is 0.655. The molecule has 1 amide bonds. The molecule has 96 valence electrons. The standard InChI is InChI=1S/C13H13N5O/c1-7-3-9-5-10(6-14-12(9)15-7)16-13(19)11-4-8(2)17-18-11/h3-6H,1-2H3,(H,14,15)(H,16,19)(H,17,18). The van der Waals surface area contributed by atoms with Crippen LogP contribution in [-0.4, -0.2) is 26.1 Å². The Morgan fingerprint density at radius 3 is 2.84 bits per heavy atom. The molecule has 0 unspecified atom stereocenters. The molecule has 6 nitrogen and oxygen atoms in total. The second kappa shape index (κ2) is 4.24.